The van der Waals surface area contributed by atoms with Crippen LogP contribution in [-0.2, 0) is 16.1 Å². The Morgan fingerprint density at radius 1 is 1.29 bits per heavy atom. The molecule has 2 heterocycles. The molecule has 0 saturated carbocycles. The lowest BCUT2D eigenvalue weighted by Gasteiger charge is -2.10. The van der Waals surface area contributed by atoms with Crippen molar-refractivity contribution in [1.82, 2.24) is 14.8 Å². The summed E-state index contributed by atoms with van der Waals surface area (Å²) in [4.78, 5) is 12.3. The van der Waals surface area contributed by atoms with Crippen LogP contribution in [0.4, 0.5) is 5.69 Å². The third-order valence-corrected chi connectivity index (χ3v) is 5.23. The third-order valence-electron chi connectivity index (χ3n) is 4.01. The number of amides is 1. The van der Waals surface area contributed by atoms with E-state index in [1.807, 2.05) is 17.6 Å². The number of methoxy groups -OCH3 is 1. The highest BCUT2D eigenvalue weighted by Gasteiger charge is 2.18. The number of hydrogen-bond donors (Lipinski definition) is 1. The van der Waals surface area contributed by atoms with Crippen molar-refractivity contribution in [2.45, 2.75) is 25.0 Å². The summed E-state index contributed by atoms with van der Waals surface area (Å²) in [5.41, 5.74) is 1.59. The van der Waals surface area contributed by atoms with Crippen molar-refractivity contribution in [2.75, 3.05) is 24.8 Å². The quantitative estimate of drug-likeness (QED) is 0.411. The Kier molecular flexibility index (Phi) is 7.13. The van der Waals surface area contributed by atoms with Crippen LogP contribution in [0.2, 0.25) is 5.02 Å². The first-order valence-corrected chi connectivity index (χ1v) is 10.1. The van der Waals surface area contributed by atoms with Crippen LogP contribution in [0, 0.1) is 6.92 Å². The Hall–Kier alpha value is -2.29. The number of aryl methyl sites for hydroxylation is 1. The molecule has 28 heavy (non-hydrogen) atoms. The van der Waals surface area contributed by atoms with Crippen molar-refractivity contribution in [3.63, 3.8) is 0 Å². The Labute approximate surface area is 172 Å². The molecule has 0 aliphatic rings. The zero-order valence-electron chi connectivity index (χ0n) is 15.6. The topological polar surface area (TPSA) is 82.2 Å². The second-order valence-electron chi connectivity index (χ2n) is 6.04. The largest absolute Gasteiger partial charge is 0.469 e. The molecule has 1 amide bonds. The van der Waals surface area contributed by atoms with Crippen molar-refractivity contribution in [1.29, 1.82) is 0 Å². The van der Waals surface area contributed by atoms with E-state index in [9.17, 15) is 4.79 Å². The fraction of sp³-hybridized carbons (Fsp3) is 0.316. The molecule has 0 radical (unpaired) electrons. The van der Waals surface area contributed by atoms with Gasteiger partial charge in [-0.3, -0.25) is 4.79 Å². The second kappa shape index (κ2) is 9.77. The lowest BCUT2D eigenvalue weighted by atomic mass is 10.2. The van der Waals surface area contributed by atoms with E-state index in [1.54, 1.807) is 37.6 Å². The lowest BCUT2D eigenvalue weighted by Crippen LogP contribution is -2.14. The van der Waals surface area contributed by atoms with Crippen LogP contribution in [0.1, 0.15) is 12.2 Å². The fourth-order valence-electron chi connectivity index (χ4n) is 2.64. The summed E-state index contributed by atoms with van der Waals surface area (Å²) in [5.74, 6) is 1.59. The van der Waals surface area contributed by atoms with Gasteiger partial charge in [-0.05, 0) is 43.7 Å². The molecule has 0 fully saturated rings. The molecule has 2 aromatic heterocycles. The normalized spacial score (nSPS) is 11.0. The molecule has 1 aromatic carbocycles. The molecule has 3 aromatic rings. The van der Waals surface area contributed by atoms with E-state index in [0.29, 0.717) is 29.0 Å². The summed E-state index contributed by atoms with van der Waals surface area (Å²) in [6.45, 7) is 3.20. The van der Waals surface area contributed by atoms with E-state index < -0.39 is 0 Å². The predicted octanol–water partition coefficient (Wildman–Crippen LogP) is 4.27. The number of furan rings is 1. The van der Waals surface area contributed by atoms with E-state index in [1.165, 1.54) is 11.8 Å². The molecule has 148 valence electrons. The molecule has 0 saturated heterocycles. The Morgan fingerprint density at radius 3 is 2.75 bits per heavy atom. The van der Waals surface area contributed by atoms with Crippen LogP contribution >= 0.6 is 23.4 Å². The standard InChI is InChI=1S/C19H21ClN4O3S/c1-13-16(8-11-27-13)18-22-23-19(24(18)9-3-10-26-2)28-12-17(25)21-15-6-4-14(20)5-7-15/h4-8,11H,3,9-10,12H2,1-2H3,(H,21,25). The van der Waals surface area contributed by atoms with E-state index >= 15 is 0 Å². The van der Waals surface area contributed by atoms with Crippen molar-refractivity contribution in [2.24, 2.45) is 0 Å². The second-order valence-corrected chi connectivity index (χ2v) is 7.42. The maximum Gasteiger partial charge on any atom is 0.234 e. The number of nitrogens with zero attached hydrogens (tertiary/aromatic N) is 3. The van der Waals surface area contributed by atoms with Gasteiger partial charge in [0, 0.05) is 31.0 Å². The minimum Gasteiger partial charge on any atom is -0.469 e. The van der Waals surface area contributed by atoms with Crippen molar-refractivity contribution in [3.05, 3.63) is 47.4 Å². The Balaban J connectivity index is 1.70. The van der Waals surface area contributed by atoms with Crippen molar-refractivity contribution in [3.8, 4) is 11.4 Å². The highest BCUT2D eigenvalue weighted by atomic mass is 35.5. The number of hydrogen-bond acceptors (Lipinski definition) is 6. The first-order valence-electron chi connectivity index (χ1n) is 8.73. The summed E-state index contributed by atoms with van der Waals surface area (Å²) >= 11 is 7.20. The number of thioether (sulfide) groups is 1. The van der Waals surface area contributed by atoms with E-state index in [2.05, 4.69) is 15.5 Å². The minimum atomic E-state index is -0.125. The lowest BCUT2D eigenvalue weighted by molar-refractivity contribution is -0.113. The summed E-state index contributed by atoms with van der Waals surface area (Å²) in [6, 6.07) is 8.86. The summed E-state index contributed by atoms with van der Waals surface area (Å²) in [7, 11) is 1.67. The monoisotopic (exact) mass is 420 g/mol. The molecule has 0 spiro atoms. The average Bonchev–Trinajstić information content (AvgIpc) is 3.28. The zero-order chi connectivity index (χ0) is 19.9. The fourth-order valence-corrected chi connectivity index (χ4v) is 3.53. The summed E-state index contributed by atoms with van der Waals surface area (Å²) < 4.78 is 12.5. The maximum absolute atomic E-state index is 12.3. The van der Waals surface area contributed by atoms with Gasteiger partial charge in [0.1, 0.15) is 5.76 Å². The number of aromatic nitrogens is 3. The van der Waals surface area contributed by atoms with Crippen molar-refractivity contribution < 1.29 is 13.9 Å². The number of benzene rings is 1. The molecule has 0 bridgehead atoms. The van der Waals surface area contributed by atoms with E-state index in [4.69, 9.17) is 20.8 Å². The number of nitrogens with one attached hydrogen (secondary N) is 1. The molecule has 0 atom stereocenters. The maximum atomic E-state index is 12.3. The SMILES string of the molecule is COCCCn1c(SCC(=O)Nc2ccc(Cl)cc2)nnc1-c1ccoc1C. The number of anilines is 1. The van der Waals surface area contributed by atoms with Crippen LogP contribution in [0.5, 0.6) is 0 Å². The average molecular weight is 421 g/mol. The van der Waals surface area contributed by atoms with Gasteiger partial charge in [0.15, 0.2) is 11.0 Å². The van der Waals surface area contributed by atoms with Gasteiger partial charge in [-0.15, -0.1) is 10.2 Å². The van der Waals surface area contributed by atoms with E-state index in [-0.39, 0.29) is 11.7 Å². The molecular weight excluding hydrogens is 400 g/mol. The van der Waals surface area contributed by atoms with Crippen LogP contribution in [0.25, 0.3) is 11.4 Å². The van der Waals surface area contributed by atoms with Crippen LogP contribution in [0.15, 0.2) is 46.2 Å². The van der Waals surface area contributed by atoms with Gasteiger partial charge >= 0.3 is 0 Å². The van der Waals surface area contributed by atoms with Crippen molar-refractivity contribution >= 4 is 35.0 Å². The first kappa shape index (κ1) is 20.4. The summed E-state index contributed by atoms with van der Waals surface area (Å²) in [6.07, 6.45) is 2.44. The Bertz CT molecular complexity index is 924. The number of carbonyl (C=O) groups excluding carboxylic acids is 1. The number of ether oxygens (including phenoxy) is 1. The van der Waals surface area contributed by atoms with E-state index in [0.717, 1.165) is 23.6 Å². The predicted molar refractivity (Wildman–Crippen MR) is 110 cm³/mol. The van der Waals surface area contributed by atoms with Gasteiger partial charge in [-0.1, -0.05) is 23.4 Å². The van der Waals surface area contributed by atoms with Gasteiger partial charge in [-0.25, -0.2) is 0 Å². The van der Waals surface area contributed by atoms with Gasteiger partial charge in [-0.2, -0.15) is 0 Å². The van der Waals surface area contributed by atoms with Gasteiger partial charge in [0.2, 0.25) is 5.91 Å². The first-order chi connectivity index (χ1) is 13.6. The zero-order valence-corrected chi connectivity index (χ0v) is 17.2. The highest BCUT2D eigenvalue weighted by Crippen LogP contribution is 2.27. The number of rotatable bonds is 9. The molecule has 7 nitrogen and oxygen atoms in total. The van der Waals surface area contributed by atoms with Crippen LogP contribution < -0.4 is 5.32 Å². The highest BCUT2D eigenvalue weighted by molar-refractivity contribution is 7.99. The number of halogens is 1. The molecule has 9 heteroatoms. The van der Waals surface area contributed by atoms with Crippen LogP contribution in [0.3, 0.4) is 0 Å². The third kappa shape index (κ3) is 5.15. The number of carbonyl (C=O) groups is 1. The van der Waals surface area contributed by atoms with Crippen LogP contribution in [-0.4, -0.2) is 40.1 Å². The van der Waals surface area contributed by atoms with Gasteiger partial charge in [0.05, 0.1) is 17.6 Å². The van der Waals surface area contributed by atoms with Gasteiger partial charge in [0.25, 0.3) is 0 Å². The molecule has 0 unspecified atom stereocenters. The molecule has 0 aliphatic heterocycles. The minimum absolute atomic E-state index is 0.125. The Morgan fingerprint density at radius 2 is 2.07 bits per heavy atom. The summed E-state index contributed by atoms with van der Waals surface area (Å²) in [5, 5.41) is 12.7. The molecule has 3 rings (SSSR count). The smallest absolute Gasteiger partial charge is 0.234 e. The molecule has 1 N–H and O–H groups in total. The molecule has 0 aliphatic carbocycles. The van der Waals surface area contributed by atoms with Gasteiger partial charge < -0.3 is 19.0 Å². The molecular formula is C19H21ClN4O3S.